The summed E-state index contributed by atoms with van der Waals surface area (Å²) >= 11 is 0. The molecule has 0 fully saturated rings. The second-order valence-electron chi connectivity index (χ2n) is 5.45. The highest BCUT2D eigenvalue weighted by molar-refractivity contribution is 5.83. The van der Waals surface area contributed by atoms with Crippen LogP contribution in [0, 0.1) is 5.92 Å². The normalized spacial score (nSPS) is 11.8. The number of urea groups is 1. The summed E-state index contributed by atoms with van der Waals surface area (Å²) in [5, 5.41) is 8.12. The minimum Gasteiger partial charge on any atom is -0.354 e. The lowest BCUT2D eigenvalue weighted by molar-refractivity contribution is -0.120. The number of benzene rings is 1. The molecular formula is C16H25N3O2. The molecule has 0 heterocycles. The number of amides is 3. The molecule has 0 aliphatic carbocycles. The highest BCUT2D eigenvalue weighted by atomic mass is 16.2. The molecule has 1 atom stereocenters. The molecule has 0 radical (unpaired) electrons. The largest absolute Gasteiger partial charge is 0.354 e. The van der Waals surface area contributed by atoms with E-state index in [0.29, 0.717) is 12.5 Å². The fraction of sp³-hybridized carbons (Fsp3) is 0.500. The van der Waals surface area contributed by atoms with Gasteiger partial charge in [0.05, 0.1) is 6.54 Å². The molecule has 21 heavy (non-hydrogen) atoms. The maximum atomic E-state index is 11.6. The maximum absolute atomic E-state index is 11.6. The number of carbonyl (C=O) groups excluding carboxylic acids is 2. The van der Waals surface area contributed by atoms with Crippen LogP contribution in [-0.2, 0) is 11.2 Å². The minimum atomic E-state index is -0.311. The number of carbonyl (C=O) groups is 2. The summed E-state index contributed by atoms with van der Waals surface area (Å²) in [5.41, 5.74) is 1.18. The summed E-state index contributed by atoms with van der Waals surface area (Å²) in [6.07, 6.45) is 0.781. The molecule has 0 saturated carbocycles. The zero-order valence-electron chi connectivity index (χ0n) is 13.0. The summed E-state index contributed by atoms with van der Waals surface area (Å²) in [6, 6.07) is 9.71. The highest BCUT2D eigenvalue weighted by Gasteiger charge is 2.11. The summed E-state index contributed by atoms with van der Waals surface area (Å²) < 4.78 is 0. The van der Waals surface area contributed by atoms with Gasteiger partial charge in [0.2, 0.25) is 5.91 Å². The second kappa shape index (κ2) is 9.00. The van der Waals surface area contributed by atoms with Crippen molar-refractivity contribution in [2.24, 2.45) is 5.92 Å². The van der Waals surface area contributed by atoms with Gasteiger partial charge in [0.15, 0.2) is 0 Å². The zero-order valence-corrected chi connectivity index (χ0v) is 13.0. The first-order valence-corrected chi connectivity index (χ1v) is 7.34. The smallest absolute Gasteiger partial charge is 0.315 e. The Balaban J connectivity index is 2.15. The van der Waals surface area contributed by atoms with Crippen LogP contribution in [-0.4, -0.2) is 31.1 Å². The molecule has 0 bridgehead atoms. The average Bonchev–Trinajstić information content (AvgIpc) is 2.46. The molecule has 5 nitrogen and oxygen atoms in total. The first-order valence-electron chi connectivity index (χ1n) is 7.34. The van der Waals surface area contributed by atoms with Crippen molar-refractivity contribution >= 4 is 11.9 Å². The van der Waals surface area contributed by atoms with Crippen LogP contribution in [0.3, 0.4) is 0 Å². The Kier molecular flexibility index (Phi) is 7.29. The van der Waals surface area contributed by atoms with Gasteiger partial charge in [-0.3, -0.25) is 4.79 Å². The lowest BCUT2D eigenvalue weighted by Crippen LogP contribution is -2.46. The van der Waals surface area contributed by atoms with Crippen molar-refractivity contribution < 1.29 is 9.59 Å². The number of hydrogen-bond acceptors (Lipinski definition) is 2. The third-order valence-corrected chi connectivity index (χ3v) is 3.35. The monoisotopic (exact) mass is 291 g/mol. The van der Waals surface area contributed by atoms with Crippen LogP contribution in [0.15, 0.2) is 30.3 Å². The molecule has 3 amide bonds. The molecule has 1 aromatic rings. The van der Waals surface area contributed by atoms with E-state index in [-0.39, 0.29) is 24.5 Å². The van der Waals surface area contributed by atoms with Crippen LogP contribution in [0.1, 0.15) is 26.3 Å². The van der Waals surface area contributed by atoms with Crippen LogP contribution in [0.5, 0.6) is 0 Å². The van der Waals surface area contributed by atoms with Crippen molar-refractivity contribution in [3.63, 3.8) is 0 Å². The summed E-state index contributed by atoms with van der Waals surface area (Å²) in [5.74, 6) is 0.175. The van der Waals surface area contributed by atoms with E-state index in [1.807, 2.05) is 51.1 Å². The van der Waals surface area contributed by atoms with Crippen LogP contribution in [0.2, 0.25) is 0 Å². The van der Waals surface area contributed by atoms with Crippen molar-refractivity contribution in [1.29, 1.82) is 0 Å². The molecule has 0 aliphatic rings. The number of hydrogen-bond donors (Lipinski definition) is 3. The average molecular weight is 291 g/mol. The van der Waals surface area contributed by atoms with Crippen molar-refractivity contribution in [3.05, 3.63) is 35.9 Å². The molecule has 3 N–H and O–H groups in total. The van der Waals surface area contributed by atoms with Crippen LogP contribution in [0.4, 0.5) is 4.79 Å². The SMILES string of the molecule is CC(C)[C@@H](C)NC(=O)NCC(=O)NCCc1ccccc1. The minimum absolute atomic E-state index is 0.00849. The Morgan fingerprint density at radius 2 is 1.71 bits per heavy atom. The van der Waals surface area contributed by atoms with Crippen molar-refractivity contribution in [2.45, 2.75) is 33.2 Å². The first kappa shape index (κ1) is 17.0. The Bertz CT molecular complexity index is 446. The highest BCUT2D eigenvalue weighted by Crippen LogP contribution is 1.99. The van der Waals surface area contributed by atoms with Gasteiger partial charge in [-0.1, -0.05) is 44.2 Å². The molecule has 0 saturated heterocycles. The van der Waals surface area contributed by atoms with E-state index in [4.69, 9.17) is 0 Å². The maximum Gasteiger partial charge on any atom is 0.315 e. The van der Waals surface area contributed by atoms with Gasteiger partial charge >= 0.3 is 6.03 Å². The van der Waals surface area contributed by atoms with Gasteiger partial charge in [-0.25, -0.2) is 4.79 Å². The molecule has 0 spiro atoms. The summed E-state index contributed by atoms with van der Waals surface area (Å²) in [4.78, 5) is 23.2. The topological polar surface area (TPSA) is 70.2 Å². The van der Waals surface area contributed by atoms with E-state index in [9.17, 15) is 9.59 Å². The predicted octanol–water partition coefficient (Wildman–Crippen LogP) is 1.69. The van der Waals surface area contributed by atoms with Crippen molar-refractivity contribution in [2.75, 3.05) is 13.1 Å². The van der Waals surface area contributed by atoms with Crippen LogP contribution < -0.4 is 16.0 Å². The van der Waals surface area contributed by atoms with E-state index in [0.717, 1.165) is 6.42 Å². The van der Waals surface area contributed by atoms with Gasteiger partial charge in [-0.15, -0.1) is 0 Å². The third kappa shape index (κ3) is 7.34. The van der Waals surface area contributed by atoms with Gasteiger partial charge in [0.25, 0.3) is 0 Å². The predicted molar refractivity (Wildman–Crippen MR) is 84.0 cm³/mol. The fourth-order valence-electron chi connectivity index (χ4n) is 1.64. The molecule has 1 aromatic carbocycles. The van der Waals surface area contributed by atoms with Crippen molar-refractivity contribution in [1.82, 2.24) is 16.0 Å². The lowest BCUT2D eigenvalue weighted by atomic mass is 10.1. The lowest BCUT2D eigenvalue weighted by Gasteiger charge is -2.17. The van der Waals surface area contributed by atoms with Gasteiger partial charge < -0.3 is 16.0 Å². The van der Waals surface area contributed by atoms with Crippen LogP contribution >= 0.6 is 0 Å². The van der Waals surface area contributed by atoms with E-state index in [1.165, 1.54) is 5.56 Å². The fourth-order valence-corrected chi connectivity index (χ4v) is 1.64. The Labute approximate surface area is 126 Å². The molecule has 0 aliphatic heterocycles. The van der Waals surface area contributed by atoms with Gasteiger partial charge in [0.1, 0.15) is 0 Å². The molecular weight excluding hydrogens is 266 g/mol. The van der Waals surface area contributed by atoms with Crippen LogP contribution in [0.25, 0.3) is 0 Å². The Morgan fingerprint density at radius 1 is 1.05 bits per heavy atom. The van der Waals surface area contributed by atoms with Gasteiger partial charge in [-0.05, 0) is 24.8 Å². The molecule has 0 unspecified atom stereocenters. The molecule has 116 valence electrons. The van der Waals surface area contributed by atoms with Crippen molar-refractivity contribution in [3.8, 4) is 0 Å². The second-order valence-corrected chi connectivity index (χ2v) is 5.45. The molecule has 5 heteroatoms. The number of nitrogens with one attached hydrogen (secondary N) is 3. The van der Waals surface area contributed by atoms with Gasteiger partial charge in [0, 0.05) is 12.6 Å². The molecule has 0 aromatic heterocycles. The van der Waals surface area contributed by atoms with Gasteiger partial charge in [-0.2, -0.15) is 0 Å². The third-order valence-electron chi connectivity index (χ3n) is 3.35. The zero-order chi connectivity index (χ0) is 15.7. The number of rotatable bonds is 7. The van der Waals surface area contributed by atoms with E-state index >= 15 is 0 Å². The van der Waals surface area contributed by atoms with E-state index in [1.54, 1.807) is 0 Å². The summed E-state index contributed by atoms with van der Waals surface area (Å²) in [7, 11) is 0. The first-order chi connectivity index (χ1) is 9.99. The van der Waals surface area contributed by atoms with E-state index in [2.05, 4.69) is 16.0 Å². The molecule has 1 rings (SSSR count). The Hall–Kier alpha value is -2.04. The standard InChI is InChI=1S/C16H25N3O2/c1-12(2)13(3)19-16(21)18-11-15(20)17-10-9-14-7-5-4-6-8-14/h4-8,12-13H,9-11H2,1-3H3,(H,17,20)(H2,18,19,21)/t13-/m1/s1. The van der Waals surface area contributed by atoms with E-state index < -0.39 is 0 Å². The Morgan fingerprint density at radius 3 is 2.33 bits per heavy atom. The summed E-state index contributed by atoms with van der Waals surface area (Å²) in [6.45, 7) is 6.55. The quantitative estimate of drug-likeness (QED) is 0.715.